The molecule has 0 aliphatic heterocycles. The first kappa shape index (κ1) is 49.4. The van der Waals surface area contributed by atoms with Gasteiger partial charge in [-0.05, 0) is 41.5 Å². The average molecular weight is 966 g/mol. The lowest BCUT2D eigenvalue weighted by molar-refractivity contribution is -0.135. The van der Waals surface area contributed by atoms with Crippen molar-refractivity contribution in [2.24, 2.45) is 0 Å². The monoisotopic (exact) mass is 965 g/mol. The molecule has 0 radical (unpaired) electrons. The Bertz CT molecular complexity index is 2500. The van der Waals surface area contributed by atoms with Gasteiger partial charge in [-0.1, -0.05) is 48.5 Å². The summed E-state index contributed by atoms with van der Waals surface area (Å²) in [5.74, 6) is -48.2. The highest BCUT2D eigenvalue weighted by atomic mass is 19.2. The van der Waals surface area contributed by atoms with Gasteiger partial charge >= 0.3 is 18.0 Å². The molecule has 5 aromatic rings. The lowest BCUT2D eigenvalue weighted by Crippen LogP contribution is -2.50. The van der Waals surface area contributed by atoms with E-state index >= 15 is 0 Å². The molecule has 8 nitrogen and oxygen atoms in total. The third-order valence-electron chi connectivity index (χ3n) is 10.7. The number of carbonyl (C=O) groups excluding carboxylic acids is 4. The normalized spacial score (nSPS) is 12.2. The van der Waals surface area contributed by atoms with Crippen LogP contribution in [0.15, 0.2) is 48.5 Å². The zero-order valence-corrected chi connectivity index (χ0v) is 33.4. The second-order valence-corrected chi connectivity index (χ2v) is 14.7. The van der Waals surface area contributed by atoms with E-state index in [0.29, 0.717) is 11.1 Å². The maximum absolute atomic E-state index is 14.6. The molecule has 0 aromatic heterocycles. The Labute approximate surface area is 366 Å². The van der Waals surface area contributed by atoms with Gasteiger partial charge in [-0.25, -0.2) is 53.1 Å². The number of esters is 2. The zero-order valence-electron chi connectivity index (χ0n) is 33.4. The van der Waals surface area contributed by atoms with Crippen LogP contribution in [-0.2, 0) is 25.5 Å². The highest BCUT2D eigenvalue weighted by Crippen LogP contribution is 2.45. The molecule has 1 amide bonds. The predicted octanol–water partition coefficient (Wildman–Crippen LogP) is 10.7. The van der Waals surface area contributed by atoms with Gasteiger partial charge in [-0.2, -0.15) is 17.6 Å². The summed E-state index contributed by atoms with van der Waals surface area (Å²) in [5, 5.41) is 2.22. The number of benzene rings is 5. The van der Waals surface area contributed by atoms with E-state index < -0.39 is 191 Å². The van der Waals surface area contributed by atoms with Crippen molar-refractivity contribution in [3.8, 4) is 22.6 Å². The van der Waals surface area contributed by atoms with E-state index in [4.69, 9.17) is 4.74 Å². The Kier molecular flexibility index (Phi) is 14.6. The number of ketones is 1. The first-order valence-electron chi connectivity index (χ1n) is 19.2. The van der Waals surface area contributed by atoms with Crippen molar-refractivity contribution in [1.82, 2.24) is 5.32 Å². The Morgan fingerprint density at radius 2 is 0.806 bits per heavy atom. The summed E-state index contributed by atoms with van der Waals surface area (Å²) in [4.78, 5) is 53.0. The van der Waals surface area contributed by atoms with Crippen molar-refractivity contribution in [2.45, 2.75) is 56.4 Å². The molecule has 0 saturated carbocycles. The third kappa shape index (κ3) is 9.90. The minimum atomic E-state index is -2.64. The van der Waals surface area contributed by atoms with E-state index in [2.05, 4.69) is 14.8 Å². The van der Waals surface area contributed by atoms with Gasteiger partial charge in [0.05, 0.1) is 0 Å². The van der Waals surface area contributed by atoms with Gasteiger partial charge in [-0.15, -0.1) is 0 Å². The van der Waals surface area contributed by atoms with Gasteiger partial charge < -0.3 is 19.5 Å². The molecule has 0 saturated heterocycles. The molecule has 5 aromatic carbocycles. The van der Waals surface area contributed by atoms with Crippen LogP contribution < -0.4 is 14.8 Å². The van der Waals surface area contributed by atoms with E-state index in [1.54, 1.807) is 48.5 Å². The minimum Gasteiger partial charge on any atom is -0.449 e. The van der Waals surface area contributed by atoms with E-state index in [9.17, 15) is 85.0 Å². The number of hydrogen-bond acceptors (Lipinski definition) is 7. The van der Waals surface area contributed by atoms with Gasteiger partial charge in [0.1, 0.15) is 12.4 Å². The number of amides is 1. The molecule has 1 aliphatic carbocycles. The number of carbonyl (C=O) groups is 4. The quantitative estimate of drug-likeness (QED) is 0.0345. The van der Waals surface area contributed by atoms with Crippen molar-refractivity contribution in [3.63, 3.8) is 0 Å². The van der Waals surface area contributed by atoms with Gasteiger partial charge in [0.25, 0.3) is 0 Å². The fourth-order valence-electron chi connectivity index (χ4n) is 7.24. The van der Waals surface area contributed by atoms with Crippen molar-refractivity contribution < 1.29 is 99.2 Å². The number of halogens is 15. The number of ether oxygens (including phenoxy) is 3. The van der Waals surface area contributed by atoms with Crippen molar-refractivity contribution in [2.75, 3.05) is 6.61 Å². The maximum Gasteiger partial charge on any atom is 0.407 e. The fraction of sp³-hybridized carbons (Fsp3) is 0.227. The van der Waals surface area contributed by atoms with Gasteiger partial charge in [0.2, 0.25) is 75.5 Å². The topological polar surface area (TPSA) is 108 Å². The molecule has 0 unspecified atom stereocenters. The second kappa shape index (κ2) is 19.8. The predicted molar refractivity (Wildman–Crippen MR) is 197 cm³/mol. The van der Waals surface area contributed by atoms with Crippen LogP contribution in [0.4, 0.5) is 70.7 Å². The third-order valence-corrected chi connectivity index (χ3v) is 10.7. The Morgan fingerprint density at radius 3 is 1.21 bits per heavy atom. The van der Waals surface area contributed by atoms with Crippen LogP contribution in [0.5, 0.6) is 11.5 Å². The largest absolute Gasteiger partial charge is 0.449 e. The number of fused-ring (bicyclic) bond motifs is 3. The van der Waals surface area contributed by atoms with E-state index in [1.807, 2.05) is 0 Å². The van der Waals surface area contributed by atoms with Crippen LogP contribution in [-0.4, -0.2) is 36.0 Å². The first-order chi connectivity index (χ1) is 31.6. The van der Waals surface area contributed by atoms with Gasteiger partial charge in [-0.3, -0.25) is 14.4 Å². The maximum atomic E-state index is 14.6. The molecule has 23 heteroatoms. The number of nitrogens with one attached hydrogen (secondary N) is 1. The molecule has 0 spiro atoms. The Morgan fingerprint density at radius 1 is 0.463 bits per heavy atom. The van der Waals surface area contributed by atoms with Crippen LogP contribution in [0.25, 0.3) is 11.1 Å². The smallest absolute Gasteiger partial charge is 0.407 e. The number of alkyl carbamates (subject to hydrolysis) is 1. The molecule has 6 rings (SSSR count). The van der Waals surface area contributed by atoms with E-state index in [-0.39, 0.29) is 0 Å². The zero-order chi connectivity index (χ0) is 49.2. The molecule has 67 heavy (non-hydrogen) atoms. The van der Waals surface area contributed by atoms with Crippen LogP contribution in [0, 0.1) is 87.3 Å². The fourth-order valence-corrected chi connectivity index (χ4v) is 7.24. The van der Waals surface area contributed by atoms with Crippen molar-refractivity contribution >= 4 is 23.8 Å². The first-order valence-corrected chi connectivity index (χ1v) is 19.2. The molecule has 0 heterocycles. The molecule has 354 valence electrons. The highest BCUT2D eigenvalue weighted by Gasteiger charge is 2.38. The molecule has 0 atom stereocenters. The summed E-state index contributed by atoms with van der Waals surface area (Å²) in [6, 6.07) is 13.7. The average Bonchev–Trinajstić information content (AvgIpc) is 3.64. The SMILES string of the molecule is O=C(CCC(CCC(=O)Oc1c(F)c(F)c(F)c(F)c1F)(CCC(=O)Oc1c(F)c(F)c(F)c(F)c1F)NC(=O)OCC1c2ccccc2-c2ccccc21)Cc1c(F)c(F)c(F)c(F)c1F. The lowest BCUT2D eigenvalue weighted by atomic mass is 9.82. The van der Waals surface area contributed by atoms with Crippen molar-refractivity contribution in [1.29, 1.82) is 0 Å². The van der Waals surface area contributed by atoms with E-state index in [1.165, 1.54) is 0 Å². The van der Waals surface area contributed by atoms with Gasteiger partial charge in [0.15, 0.2) is 23.3 Å². The van der Waals surface area contributed by atoms with Crippen molar-refractivity contribution in [3.05, 3.63) is 152 Å². The second-order valence-electron chi connectivity index (χ2n) is 14.7. The minimum absolute atomic E-state index is 0.486. The van der Waals surface area contributed by atoms with Crippen LogP contribution in [0.1, 0.15) is 61.1 Å². The summed E-state index contributed by atoms with van der Waals surface area (Å²) >= 11 is 0. The van der Waals surface area contributed by atoms with E-state index in [0.717, 1.165) is 11.1 Å². The Balaban J connectivity index is 1.33. The van der Waals surface area contributed by atoms with Gasteiger partial charge in [0, 0.05) is 42.7 Å². The summed E-state index contributed by atoms with van der Waals surface area (Å²) in [6.07, 6.45) is -9.82. The summed E-state index contributed by atoms with van der Waals surface area (Å²) < 4.78 is 226. The summed E-state index contributed by atoms with van der Waals surface area (Å²) in [6.45, 7) is -0.486. The van der Waals surface area contributed by atoms with Crippen LogP contribution >= 0.6 is 0 Å². The standard InChI is InChI=1S/C44H26F15NO7/c45-26-22(27(46)29(48)30(49)28(26)47)15-17(61)9-12-44(13-10-24(62)66-41-37(56)33(52)31(50)34(53)38(41)57,14-11-25(63)67-42-39(58)35(54)32(51)36(55)40(42)59)60-43(64)65-16-23-20-7-3-1-5-18(20)19-6-2-4-8-21(19)23/h1-8,23H,9-16H2,(H,60,64). The lowest BCUT2D eigenvalue weighted by Gasteiger charge is -2.34. The molecule has 0 fully saturated rings. The molecule has 0 bridgehead atoms. The molecular formula is C44H26F15NO7. The molecular weight excluding hydrogens is 939 g/mol. The summed E-state index contributed by atoms with van der Waals surface area (Å²) in [7, 11) is 0. The van der Waals surface area contributed by atoms with Crippen LogP contribution in [0.3, 0.4) is 0 Å². The highest BCUT2D eigenvalue weighted by molar-refractivity contribution is 5.82. The Hall–Kier alpha value is -7.07. The van der Waals surface area contributed by atoms with Crippen LogP contribution in [0.2, 0.25) is 0 Å². The number of rotatable bonds is 16. The molecule has 1 N–H and O–H groups in total. The molecule has 1 aliphatic rings. The number of Topliss-reactive ketones (excluding diaryl/α,β-unsaturated/α-hetero) is 1. The number of hydrogen-bond donors (Lipinski definition) is 1. The summed E-state index contributed by atoms with van der Waals surface area (Å²) in [5.41, 5.74) is -1.25.